The van der Waals surface area contributed by atoms with Gasteiger partial charge in [0.05, 0.1) is 18.3 Å². The number of carbonyl (C=O) groups excluding carboxylic acids is 1. The molecule has 0 bridgehead atoms. The fourth-order valence-corrected chi connectivity index (χ4v) is 5.06. The first kappa shape index (κ1) is 14.6. The van der Waals surface area contributed by atoms with Crippen molar-refractivity contribution < 1.29 is 14.3 Å². The Morgan fingerprint density at radius 3 is 2.74 bits per heavy atom. The molecule has 0 fully saturated rings. The van der Waals surface area contributed by atoms with Crippen LogP contribution in [0, 0.1) is 13.8 Å². The monoisotopic (exact) mass is 326 g/mol. The average molecular weight is 326 g/mol. The Hall–Kier alpha value is -1.94. The van der Waals surface area contributed by atoms with E-state index in [1.807, 2.05) is 43.0 Å². The standard InChI is InChI=1S/C19H18O3S/c1-10-4-5-11(2)17-15(10)18-16(19(20)22-17)14-7-6-13(21-3)8-12(14)9-23-18/h4-8,16,18H,9H2,1-3H3/t16-,18-/m0/s1. The van der Waals surface area contributed by atoms with E-state index in [1.54, 1.807) is 7.11 Å². The van der Waals surface area contributed by atoms with E-state index >= 15 is 0 Å². The highest BCUT2D eigenvalue weighted by Crippen LogP contribution is 2.55. The number of hydrogen-bond donors (Lipinski definition) is 0. The highest BCUT2D eigenvalue weighted by atomic mass is 32.2. The van der Waals surface area contributed by atoms with Crippen LogP contribution in [0.25, 0.3) is 0 Å². The number of aryl methyl sites for hydroxylation is 2. The first-order chi connectivity index (χ1) is 11.1. The molecular formula is C19H18O3S. The highest BCUT2D eigenvalue weighted by molar-refractivity contribution is 7.98. The zero-order valence-electron chi connectivity index (χ0n) is 13.4. The molecule has 2 aromatic carbocycles. The van der Waals surface area contributed by atoms with Gasteiger partial charge in [-0.25, -0.2) is 0 Å². The van der Waals surface area contributed by atoms with Crippen molar-refractivity contribution in [1.82, 2.24) is 0 Å². The van der Waals surface area contributed by atoms with E-state index in [-0.39, 0.29) is 17.1 Å². The lowest BCUT2D eigenvalue weighted by Gasteiger charge is -2.37. The van der Waals surface area contributed by atoms with E-state index in [0.29, 0.717) is 0 Å². The maximum Gasteiger partial charge on any atom is 0.320 e. The number of rotatable bonds is 1. The zero-order chi connectivity index (χ0) is 16.1. The van der Waals surface area contributed by atoms with Crippen LogP contribution in [0.4, 0.5) is 0 Å². The van der Waals surface area contributed by atoms with Gasteiger partial charge < -0.3 is 9.47 Å². The quantitative estimate of drug-likeness (QED) is 0.578. The third-order valence-electron chi connectivity index (χ3n) is 4.76. The Bertz CT molecular complexity index is 813. The first-order valence-corrected chi connectivity index (χ1v) is 8.75. The predicted octanol–water partition coefficient (Wildman–Crippen LogP) is 4.30. The van der Waals surface area contributed by atoms with E-state index in [0.717, 1.165) is 28.4 Å². The molecule has 0 saturated heterocycles. The minimum atomic E-state index is -0.234. The number of carbonyl (C=O) groups is 1. The molecule has 0 amide bonds. The second-order valence-corrected chi connectivity index (χ2v) is 7.27. The number of benzene rings is 2. The van der Waals surface area contributed by atoms with Gasteiger partial charge >= 0.3 is 5.97 Å². The Balaban J connectivity index is 1.87. The van der Waals surface area contributed by atoms with Crippen molar-refractivity contribution in [2.45, 2.75) is 30.8 Å². The highest BCUT2D eigenvalue weighted by Gasteiger charge is 2.43. The summed E-state index contributed by atoms with van der Waals surface area (Å²) in [6.45, 7) is 4.09. The Kier molecular flexibility index (Phi) is 3.38. The van der Waals surface area contributed by atoms with Gasteiger partial charge in [0.25, 0.3) is 0 Å². The van der Waals surface area contributed by atoms with Crippen molar-refractivity contribution in [3.05, 3.63) is 58.1 Å². The molecule has 0 radical (unpaired) electrons. The van der Waals surface area contributed by atoms with E-state index in [4.69, 9.17) is 9.47 Å². The summed E-state index contributed by atoms with van der Waals surface area (Å²) in [7, 11) is 1.66. The molecule has 3 nitrogen and oxygen atoms in total. The Labute approximate surface area is 140 Å². The van der Waals surface area contributed by atoms with Gasteiger partial charge in [0.15, 0.2) is 0 Å². The summed E-state index contributed by atoms with van der Waals surface area (Å²) in [6.07, 6.45) is 0. The van der Waals surface area contributed by atoms with Gasteiger partial charge in [-0.1, -0.05) is 18.2 Å². The van der Waals surface area contributed by atoms with Gasteiger partial charge in [0.2, 0.25) is 0 Å². The van der Waals surface area contributed by atoms with Gasteiger partial charge in [-0.2, -0.15) is 0 Å². The lowest BCUT2D eigenvalue weighted by atomic mass is 9.84. The fourth-order valence-electron chi connectivity index (χ4n) is 3.54. The summed E-state index contributed by atoms with van der Waals surface area (Å²) in [5.41, 5.74) is 5.64. The number of hydrogen-bond acceptors (Lipinski definition) is 4. The summed E-state index contributed by atoms with van der Waals surface area (Å²) in [6, 6.07) is 10.1. The predicted molar refractivity (Wildman–Crippen MR) is 91.3 cm³/mol. The van der Waals surface area contributed by atoms with Crippen LogP contribution < -0.4 is 9.47 Å². The summed E-state index contributed by atoms with van der Waals surface area (Å²) in [4.78, 5) is 12.7. The second kappa shape index (κ2) is 5.31. The molecule has 2 aliphatic heterocycles. The maximum absolute atomic E-state index is 12.7. The van der Waals surface area contributed by atoms with Crippen molar-refractivity contribution in [1.29, 1.82) is 0 Å². The summed E-state index contributed by atoms with van der Waals surface area (Å²) < 4.78 is 11.1. The molecule has 4 rings (SSSR count). The Morgan fingerprint density at radius 2 is 1.96 bits per heavy atom. The van der Waals surface area contributed by atoms with Gasteiger partial charge in [-0.3, -0.25) is 4.79 Å². The van der Waals surface area contributed by atoms with E-state index < -0.39 is 0 Å². The second-order valence-electron chi connectivity index (χ2n) is 6.14. The average Bonchev–Trinajstić information content (AvgIpc) is 2.57. The van der Waals surface area contributed by atoms with E-state index in [2.05, 4.69) is 13.0 Å². The van der Waals surface area contributed by atoms with Crippen LogP contribution in [0.2, 0.25) is 0 Å². The zero-order valence-corrected chi connectivity index (χ0v) is 14.2. The molecule has 0 saturated carbocycles. The van der Waals surface area contributed by atoms with Crippen molar-refractivity contribution >= 4 is 17.7 Å². The van der Waals surface area contributed by atoms with Crippen molar-refractivity contribution in [2.24, 2.45) is 0 Å². The molecule has 2 aromatic rings. The minimum absolute atomic E-state index is 0.132. The summed E-state index contributed by atoms with van der Waals surface area (Å²) in [5, 5.41) is 0.132. The van der Waals surface area contributed by atoms with Gasteiger partial charge in [0, 0.05) is 11.3 Å². The van der Waals surface area contributed by atoms with Crippen molar-refractivity contribution in [3.8, 4) is 11.5 Å². The topological polar surface area (TPSA) is 35.5 Å². The van der Waals surface area contributed by atoms with Crippen LogP contribution in [0.15, 0.2) is 30.3 Å². The molecule has 2 aliphatic rings. The van der Waals surface area contributed by atoms with E-state index in [1.165, 1.54) is 16.7 Å². The summed E-state index contributed by atoms with van der Waals surface area (Å²) in [5.74, 6) is 2.10. The van der Waals surface area contributed by atoms with Crippen LogP contribution in [0.5, 0.6) is 11.5 Å². The van der Waals surface area contributed by atoms with Crippen LogP contribution in [-0.4, -0.2) is 13.1 Å². The smallest absolute Gasteiger partial charge is 0.320 e. The Morgan fingerprint density at radius 1 is 1.17 bits per heavy atom. The normalized spacial score (nSPS) is 21.8. The summed E-state index contributed by atoms with van der Waals surface area (Å²) >= 11 is 1.82. The fraction of sp³-hybridized carbons (Fsp3) is 0.316. The van der Waals surface area contributed by atoms with Crippen LogP contribution in [0.1, 0.15) is 39.0 Å². The third-order valence-corrected chi connectivity index (χ3v) is 6.10. The molecule has 0 aliphatic carbocycles. The number of esters is 1. The largest absolute Gasteiger partial charge is 0.497 e. The van der Waals surface area contributed by atoms with E-state index in [9.17, 15) is 4.79 Å². The molecule has 2 atom stereocenters. The van der Waals surface area contributed by atoms with Gasteiger partial charge in [0.1, 0.15) is 11.5 Å². The van der Waals surface area contributed by atoms with Gasteiger partial charge in [-0.15, -0.1) is 11.8 Å². The molecule has 2 heterocycles. The molecule has 0 unspecified atom stereocenters. The SMILES string of the molecule is COc1ccc2c(c1)CS[C@H]1c3c(C)ccc(C)c3OC(=O)[C@@H]21. The minimum Gasteiger partial charge on any atom is -0.497 e. The molecular weight excluding hydrogens is 308 g/mol. The van der Waals surface area contributed by atoms with Gasteiger partial charge in [-0.05, 0) is 48.2 Å². The number of thioether (sulfide) groups is 1. The lowest BCUT2D eigenvalue weighted by Crippen LogP contribution is -2.32. The maximum atomic E-state index is 12.7. The first-order valence-electron chi connectivity index (χ1n) is 7.70. The molecule has 0 spiro atoms. The number of methoxy groups -OCH3 is 1. The molecule has 0 N–H and O–H groups in total. The molecule has 0 aromatic heterocycles. The van der Waals surface area contributed by atoms with Crippen LogP contribution >= 0.6 is 11.8 Å². The number of fused-ring (bicyclic) bond motifs is 5. The van der Waals surface area contributed by atoms with Crippen molar-refractivity contribution in [3.63, 3.8) is 0 Å². The van der Waals surface area contributed by atoms with Crippen molar-refractivity contribution in [2.75, 3.05) is 7.11 Å². The molecule has 4 heteroatoms. The van der Waals surface area contributed by atoms with Crippen LogP contribution in [0.3, 0.4) is 0 Å². The molecule has 23 heavy (non-hydrogen) atoms. The lowest BCUT2D eigenvalue weighted by molar-refractivity contribution is -0.137. The number of ether oxygens (including phenoxy) is 2. The molecule has 118 valence electrons. The van der Waals surface area contributed by atoms with Crippen LogP contribution in [-0.2, 0) is 10.5 Å². The third kappa shape index (κ3) is 2.16.